The number of nitriles is 1. The number of carbonyl (C=O) groups is 1. The molecule has 0 saturated carbocycles. The predicted octanol–water partition coefficient (Wildman–Crippen LogP) is 3.00. The molecular weight excluding hydrogens is 224 g/mol. The standard InChI is InChI=1S/C15H18N2O/c1-11-5-6-17(12(2)7-11)15-4-3-13(10-18)8-14(15)9-16/h3-4,8,10-12H,5-7H2,1-2H3. The van der Waals surface area contributed by atoms with E-state index < -0.39 is 0 Å². The van der Waals surface area contributed by atoms with Crippen LogP contribution in [0, 0.1) is 17.2 Å². The summed E-state index contributed by atoms with van der Waals surface area (Å²) in [5, 5.41) is 9.21. The van der Waals surface area contributed by atoms with Crippen LogP contribution in [0.2, 0.25) is 0 Å². The Kier molecular flexibility index (Phi) is 3.66. The molecule has 2 rings (SSSR count). The number of hydrogen-bond donors (Lipinski definition) is 0. The number of anilines is 1. The average Bonchev–Trinajstić information content (AvgIpc) is 2.38. The number of hydrogen-bond acceptors (Lipinski definition) is 3. The molecule has 1 heterocycles. The van der Waals surface area contributed by atoms with E-state index in [9.17, 15) is 10.1 Å². The number of piperidine rings is 1. The summed E-state index contributed by atoms with van der Waals surface area (Å²) in [4.78, 5) is 13.0. The van der Waals surface area contributed by atoms with E-state index in [-0.39, 0.29) is 0 Å². The fourth-order valence-corrected chi connectivity index (χ4v) is 2.73. The molecular formula is C15H18N2O. The Morgan fingerprint density at radius 1 is 1.44 bits per heavy atom. The van der Waals surface area contributed by atoms with Gasteiger partial charge in [0.1, 0.15) is 12.4 Å². The van der Waals surface area contributed by atoms with Gasteiger partial charge >= 0.3 is 0 Å². The van der Waals surface area contributed by atoms with Crippen molar-refractivity contribution in [3.63, 3.8) is 0 Å². The monoisotopic (exact) mass is 242 g/mol. The third-order valence-electron chi connectivity index (χ3n) is 3.72. The number of benzene rings is 1. The van der Waals surface area contributed by atoms with Gasteiger partial charge in [-0.3, -0.25) is 4.79 Å². The number of carbonyl (C=O) groups excluding carboxylic acids is 1. The van der Waals surface area contributed by atoms with Crippen molar-refractivity contribution in [2.75, 3.05) is 11.4 Å². The Morgan fingerprint density at radius 3 is 2.83 bits per heavy atom. The van der Waals surface area contributed by atoms with Crippen molar-refractivity contribution >= 4 is 12.0 Å². The molecule has 1 aliphatic rings. The van der Waals surface area contributed by atoms with Gasteiger partial charge in [-0.2, -0.15) is 5.26 Å². The Labute approximate surface area is 108 Å². The number of aldehydes is 1. The first-order chi connectivity index (χ1) is 8.65. The van der Waals surface area contributed by atoms with E-state index in [0.29, 0.717) is 17.2 Å². The molecule has 94 valence electrons. The largest absolute Gasteiger partial charge is 0.368 e. The molecule has 18 heavy (non-hydrogen) atoms. The maximum atomic E-state index is 10.7. The van der Waals surface area contributed by atoms with E-state index in [2.05, 4.69) is 24.8 Å². The lowest BCUT2D eigenvalue weighted by Gasteiger charge is -2.38. The van der Waals surface area contributed by atoms with Crippen molar-refractivity contribution in [1.29, 1.82) is 5.26 Å². The van der Waals surface area contributed by atoms with Gasteiger partial charge in [-0.05, 0) is 43.9 Å². The summed E-state index contributed by atoms with van der Waals surface area (Å²) in [6, 6.07) is 8.00. The first-order valence-electron chi connectivity index (χ1n) is 6.41. The lowest BCUT2D eigenvalue weighted by atomic mass is 9.92. The average molecular weight is 242 g/mol. The summed E-state index contributed by atoms with van der Waals surface area (Å²) in [6.07, 6.45) is 3.09. The van der Waals surface area contributed by atoms with E-state index in [1.165, 1.54) is 0 Å². The molecule has 0 N–H and O–H groups in total. The minimum Gasteiger partial charge on any atom is -0.368 e. The molecule has 1 aromatic carbocycles. The Hall–Kier alpha value is -1.82. The summed E-state index contributed by atoms with van der Waals surface area (Å²) < 4.78 is 0. The van der Waals surface area contributed by atoms with Crippen LogP contribution in [0.15, 0.2) is 18.2 Å². The topological polar surface area (TPSA) is 44.1 Å². The molecule has 0 amide bonds. The van der Waals surface area contributed by atoms with Gasteiger partial charge in [0.2, 0.25) is 0 Å². The molecule has 1 saturated heterocycles. The highest BCUT2D eigenvalue weighted by atomic mass is 16.1. The summed E-state index contributed by atoms with van der Waals surface area (Å²) in [7, 11) is 0. The molecule has 0 bridgehead atoms. The third-order valence-corrected chi connectivity index (χ3v) is 3.72. The van der Waals surface area contributed by atoms with Crippen LogP contribution in [0.1, 0.15) is 42.6 Å². The van der Waals surface area contributed by atoms with Crippen LogP contribution in [0.4, 0.5) is 5.69 Å². The van der Waals surface area contributed by atoms with Crippen molar-refractivity contribution in [2.24, 2.45) is 5.92 Å². The van der Waals surface area contributed by atoms with E-state index in [4.69, 9.17) is 0 Å². The Bertz CT molecular complexity index is 490. The number of nitrogens with zero attached hydrogens (tertiary/aromatic N) is 2. The molecule has 0 aromatic heterocycles. The van der Waals surface area contributed by atoms with Crippen LogP contribution in [-0.2, 0) is 0 Å². The van der Waals surface area contributed by atoms with Gasteiger partial charge in [-0.1, -0.05) is 6.92 Å². The van der Waals surface area contributed by atoms with Crippen molar-refractivity contribution < 1.29 is 4.79 Å². The summed E-state index contributed by atoms with van der Waals surface area (Å²) >= 11 is 0. The quantitative estimate of drug-likeness (QED) is 0.749. The van der Waals surface area contributed by atoms with E-state index in [1.54, 1.807) is 12.1 Å². The van der Waals surface area contributed by atoms with E-state index in [0.717, 1.165) is 37.3 Å². The lowest BCUT2D eigenvalue weighted by Crippen LogP contribution is -2.40. The fraction of sp³-hybridized carbons (Fsp3) is 0.467. The zero-order chi connectivity index (χ0) is 13.1. The maximum Gasteiger partial charge on any atom is 0.150 e. The highest BCUT2D eigenvalue weighted by Crippen LogP contribution is 2.30. The summed E-state index contributed by atoms with van der Waals surface area (Å²) in [6.45, 7) is 5.45. The van der Waals surface area contributed by atoms with Crippen LogP contribution < -0.4 is 4.90 Å². The molecule has 0 aliphatic carbocycles. The second kappa shape index (κ2) is 5.22. The zero-order valence-electron chi connectivity index (χ0n) is 10.9. The van der Waals surface area contributed by atoms with Crippen LogP contribution in [0.25, 0.3) is 0 Å². The second-order valence-corrected chi connectivity index (χ2v) is 5.18. The maximum absolute atomic E-state index is 10.7. The molecule has 1 aromatic rings. The minimum atomic E-state index is 0.447. The molecule has 2 atom stereocenters. The van der Waals surface area contributed by atoms with Gasteiger partial charge in [-0.15, -0.1) is 0 Å². The van der Waals surface area contributed by atoms with Gasteiger partial charge in [-0.25, -0.2) is 0 Å². The highest BCUT2D eigenvalue weighted by Gasteiger charge is 2.24. The molecule has 2 unspecified atom stereocenters. The van der Waals surface area contributed by atoms with Gasteiger partial charge in [0.25, 0.3) is 0 Å². The Morgan fingerprint density at radius 2 is 2.22 bits per heavy atom. The smallest absolute Gasteiger partial charge is 0.150 e. The second-order valence-electron chi connectivity index (χ2n) is 5.18. The predicted molar refractivity (Wildman–Crippen MR) is 71.8 cm³/mol. The van der Waals surface area contributed by atoms with Crippen LogP contribution in [0.5, 0.6) is 0 Å². The van der Waals surface area contributed by atoms with Crippen LogP contribution in [-0.4, -0.2) is 18.9 Å². The number of rotatable bonds is 2. The summed E-state index contributed by atoms with van der Waals surface area (Å²) in [5.41, 5.74) is 2.12. The molecule has 3 heteroatoms. The highest BCUT2D eigenvalue weighted by molar-refractivity contribution is 5.78. The van der Waals surface area contributed by atoms with Gasteiger partial charge < -0.3 is 4.90 Å². The van der Waals surface area contributed by atoms with Gasteiger partial charge in [0.05, 0.1) is 11.3 Å². The first-order valence-corrected chi connectivity index (χ1v) is 6.41. The Balaban J connectivity index is 2.33. The van der Waals surface area contributed by atoms with Crippen molar-refractivity contribution in [3.05, 3.63) is 29.3 Å². The SMILES string of the molecule is CC1CCN(c2ccc(C=O)cc2C#N)C(C)C1. The molecule has 0 spiro atoms. The molecule has 1 aliphatic heterocycles. The molecule has 0 radical (unpaired) electrons. The first kappa shape index (κ1) is 12.6. The normalized spacial score (nSPS) is 23.5. The fourth-order valence-electron chi connectivity index (χ4n) is 2.73. The van der Waals surface area contributed by atoms with Crippen LogP contribution >= 0.6 is 0 Å². The van der Waals surface area contributed by atoms with E-state index >= 15 is 0 Å². The lowest BCUT2D eigenvalue weighted by molar-refractivity contribution is 0.112. The van der Waals surface area contributed by atoms with Crippen molar-refractivity contribution in [2.45, 2.75) is 32.7 Å². The summed E-state index contributed by atoms with van der Waals surface area (Å²) in [5.74, 6) is 0.746. The third kappa shape index (κ3) is 2.38. The van der Waals surface area contributed by atoms with E-state index in [1.807, 2.05) is 6.07 Å². The van der Waals surface area contributed by atoms with Crippen molar-refractivity contribution in [3.8, 4) is 6.07 Å². The van der Waals surface area contributed by atoms with Crippen molar-refractivity contribution in [1.82, 2.24) is 0 Å². The van der Waals surface area contributed by atoms with Gasteiger partial charge in [0, 0.05) is 18.2 Å². The minimum absolute atomic E-state index is 0.447. The molecule has 1 fully saturated rings. The van der Waals surface area contributed by atoms with Gasteiger partial charge in [0.15, 0.2) is 0 Å². The zero-order valence-corrected chi connectivity index (χ0v) is 10.9. The van der Waals surface area contributed by atoms with Crippen LogP contribution in [0.3, 0.4) is 0 Å². The molecule has 3 nitrogen and oxygen atoms in total.